The van der Waals surface area contributed by atoms with E-state index in [0.29, 0.717) is 0 Å². The number of esters is 1. The van der Waals surface area contributed by atoms with Crippen LogP contribution in [0.25, 0.3) is 0 Å². The fraction of sp³-hybridized carbons (Fsp3) is 0.412. The van der Waals surface area contributed by atoms with E-state index in [1.807, 2.05) is 0 Å². The molecule has 0 radical (unpaired) electrons. The van der Waals surface area contributed by atoms with Gasteiger partial charge < -0.3 is 25.4 Å². The maximum atomic E-state index is 12.5. The molecular weight excluding hydrogens is 398 g/mol. The molecule has 1 spiro atoms. The van der Waals surface area contributed by atoms with Gasteiger partial charge in [-0.25, -0.2) is 19.5 Å². The summed E-state index contributed by atoms with van der Waals surface area (Å²) in [5.74, 6) is -3.29. The molecule has 13 nitrogen and oxygen atoms in total. The average molecular weight is 421 g/mol. The van der Waals surface area contributed by atoms with E-state index >= 15 is 0 Å². The molecule has 1 amide bonds. The van der Waals surface area contributed by atoms with Crippen molar-refractivity contribution < 1.29 is 38.8 Å². The predicted octanol–water partition coefficient (Wildman–Crippen LogP) is -5.64. The van der Waals surface area contributed by atoms with E-state index < -0.39 is 41.7 Å². The number of hydrogen-bond acceptors (Lipinski definition) is 10. The second-order valence-electron chi connectivity index (χ2n) is 7.29. The van der Waals surface area contributed by atoms with Crippen LogP contribution in [-0.4, -0.2) is 81.6 Å². The highest BCUT2D eigenvalue weighted by molar-refractivity contribution is 5.89. The lowest BCUT2D eigenvalue weighted by Crippen LogP contribution is -2.91. The van der Waals surface area contributed by atoms with Crippen molar-refractivity contribution in [2.45, 2.75) is 29.6 Å². The molecule has 0 aliphatic carbocycles. The Hall–Kier alpha value is -3.58. The lowest BCUT2D eigenvalue weighted by molar-refractivity contribution is -0.674. The van der Waals surface area contributed by atoms with Crippen molar-refractivity contribution in [2.75, 3.05) is 13.2 Å². The van der Waals surface area contributed by atoms with Crippen molar-refractivity contribution >= 4 is 24.0 Å². The van der Waals surface area contributed by atoms with Gasteiger partial charge in [-0.05, 0) is 12.1 Å². The highest BCUT2D eigenvalue weighted by atomic mass is 16.6. The van der Waals surface area contributed by atoms with E-state index in [0.717, 1.165) is 0 Å². The number of nitrogens with two attached hydrogens (primary N) is 3. The molecule has 13 heteroatoms. The van der Waals surface area contributed by atoms with Crippen LogP contribution in [0.15, 0.2) is 30.3 Å². The Morgan fingerprint density at radius 2 is 1.97 bits per heavy atom. The Morgan fingerprint density at radius 3 is 2.63 bits per heavy atom. The van der Waals surface area contributed by atoms with Crippen LogP contribution < -0.4 is 32.8 Å². The van der Waals surface area contributed by atoms with Gasteiger partial charge in [0.25, 0.3) is 5.79 Å². The predicted molar refractivity (Wildman–Crippen MR) is 99.4 cm³/mol. The zero-order valence-electron chi connectivity index (χ0n) is 15.7. The third-order valence-electron chi connectivity index (χ3n) is 5.56. The van der Waals surface area contributed by atoms with Gasteiger partial charge in [0.05, 0.1) is 5.56 Å². The summed E-state index contributed by atoms with van der Waals surface area (Å²) in [6, 6.07) is 6.56. The molecule has 30 heavy (non-hydrogen) atoms. The molecule has 1 fully saturated rings. The first-order valence-corrected chi connectivity index (χ1v) is 9.13. The molecule has 4 atom stereocenters. The summed E-state index contributed by atoms with van der Waals surface area (Å²) >= 11 is 0. The molecular formula is C17H23N7O6+2. The van der Waals surface area contributed by atoms with Crippen LogP contribution in [0, 0.1) is 0 Å². The number of nitrogens with zero attached hydrogens (tertiary/aromatic N) is 1. The highest BCUT2D eigenvalue weighted by Crippen LogP contribution is 2.39. The van der Waals surface area contributed by atoms with E-state index in [9.17, 15) is 19.8 Å². The molecule has 0 bridgehead atoms. The molecule has 1 aromatic carbocycles. The summed E-state index contributed by atoms with van der Waals surface area (Å²) in [7, 11) is 0. The number of primary amides is 1. The van der Waals surface area contributed by atoms with Gasteiger partial charge in [0.2, 0.25) is 0 Å². The second-order valence-corrected chi connectivity index (χ2v) is 7.29. The number of amides is 1. The SMILES string of the molecule is NC(=O)OC[C@@H]1NC(N)=[N+]2C[C@H](OC(=O)c3ccccc3)C(O)(O)[C@@]23NC(N)=[NH+][C@@H]13. The lowest BCUT2D eigenvalue weighted by Gasteiger charge is -2.40. The molecule has 0 aromatic heterocycles. The van der Waals surface area contributed by atoms with Crippen LogP contribution in [0.1, 0.15) is 10.4 Å². The minimum absolute atomic E-state index is 0.0353. The normalized spacial score (nSPS) is 31.0. The summed E-state index contributed by atoms with van der Waals surface area (Å²) in [5, 5.41) is 28.1. The van der Waals surface area contributed by atoms with Crippen molar-refractivity contribution in [2.24, 2.45) is 17.2 Å². The summed E-state index contributed by atoms with van der Waals surface area (Å²) in [4.78, 5) is 26.5. The molecule has 160 valence electrons. The summed E-state index contributed by atoms with van der Waals surface area (Å²) in [5.41, 5.74) is 15.6. The first-order chi connectivity index (χ1) is 14.2. The number of ether oxygens (including phenoxy) is 2. The number of rotatable bonds is 4. The van der Waals surface area contributed by atoms with E-state index in [1.54, 1.807) is 30.3 Å². The van der Waals surface area contributed by atoms with Gasteiger partial charge in [-0.15, -0.1) is 0 Å². The van der Waals surface area contributed by atoms with Crippen molar-refractivity contribution in [1.82, 2.24) is 10.6 Å². The van der Waals surface area contributed by atoms with Crippen LogP contribution in [0.3, 0.4) is 0 Å². The fourth-order valence-corrected chi connectivity index (χ4v) is 4.26. The number of carbonyl (C=O) groups is 2. The van der Waals surface area contributed by atoms with Gasteiger partial charge in [0, 0.05) is 0 Å². The number of carbonyl (C=O) groups excluding carboxylic acids is 2. The molecule has 3 aliphatic heterocycles. The zero-order chi connectivity index (χ0) is 21.7. The quantitative estimate of drug-likeness (QED) is 0.131. The summed E-state index contributed by atoms with van der Waals surface area (Å²) in [6.07, 6.45) is -2.39. The van der Waals surface area contributed by atoms with Crippen molar-refractivity contribution in [3.05, 3.63) is 35.9 Å². The van der Waals surface area contributed by atoms with E-state index in [-0.39, 0.29) is 30.6 Å². The number of nitrogens with one attached hydrogen (secondary N) is 3. The number of aliphatic hydroxyl groups is 2. The van der Waals surface area contributed by atoms with E-state index in [1.165, 1.54) is 4.58 Å². The van der Waals surface area contributed by atoms with Gasteiger partial charge in [-0.3, -0.25) is 21.8 Å². The molecule has 3 heterocycles. The third-order valence-corrected chi connectivity index (χ3v) is 5.56. The van der Waals surface area contributed by atoms with Gasteiger partial charge in [-0.1, -0.05) is 18.2 Å². The Morgan fingerprint density at radius 1 is 1.27 bits per heavy atom. The minimum atomic E-state index is -2.63. The smallest absolute Gasteiger partial charge is 0.404 e. The number of guanidine groups is 2. The highest BCUT2D eigenvalue weighted by Gasteiger charge is 2.79. The number of benzene rings is 1. The summed E-state index contributed by atoms with van der Waals surface area (Å²) in [6.45, 7) is -0.380. The van der Waals surface area contributed by atoms with Gasteiger partial charge >= 0.3 is 29.6 Å². The Labute approximate surface area is 170 Å². The lowest BCUT2D eigenvalue weighted by atomic mass is 9.86. The van der Waals surface area contributed by atoms with Crippen LogP contribution >= 0.6 is 0 Å². The third kappa shape index (κ3) is 2.78. The van der Waals surface area contributed by atoms with Crippen molar-refractivity contribution in [1.29, 1.82) is 0 Å². The zero-order valence-corrected chi connectivity index (χ0v) is 15.7. The maximum Gasteiger partial charge on any atom is 0.404 e. The van der Waals surface area contributed by atoms with Gasteiger partial charge in [-0.2, -0.15) is 0 Å². The number of hydrogen-bond donors (Lipinski definition) is 8. The molecule has 0 saturated carbocycles. The van der Waals surface area contributed by atoms with Crippen molar-refractivity contribution in [3.63, 3.8) is 0 Å². The van der Waals surface area contributed by atoms with Crippen LogP contribution in [0.4, 0.5) is 4.79 Å². The molecule has 4 rings (SSSR count). The molecule has 1 saturated heterocycles. The summed E-state index contributed by atoms with van der Waals surface area (Å²) < 4.78 is 11.7. The first-order valence-electron chi connectivity index (χ1n) is 9.13. The molecule has 11 N–H and O–H groups in total. The van der Waals surface area contributed by atoms with Crippen LogP contribution in [0.5, 0.6) is 0 Å². The molecule has 1 aromatic rings. The first kappa shape index (κ1) is 19.7. The van der Waals surface area contributed by atoms with Gasteiger partial charge in [0.15, 0.2) is 12.1 Å². The standard InChI is InChI=1S/C17H21N7O6/c18-13-22-11-9(7-29-15(20)26)21-14(19)24-6-10(17(27,28)16(11,24)23-13)30-12(25)8-4-2-1-3-5-8/h1-5,9-11,27-28H,6-7H2,(H7,18,19,20,21,22,23,26)/p+2/t9-,10-,11-,16-/m0/s1. The average Bonchev–Trinajstić information content (AvgIpc) is 3.16. The van der Waals surface area contributed by atoms with E-state index in [4.69, 9.17) is 26.7 Å². The minimum Gasteiger partial charge on any atom is -0.449 e. The Bertz CT molecular complexity index is 949. The Balaban J connectivity index is 1.68. The van der Waals surface area contributed by atoms with Crippen molar-refractivity contribution in [3.8, 4) is 0 Å². The second kappa shape index (κ2) is 6.74. The van der Waals surface area contributed by atoms with Crippen LogP contribution in [-0.2, 0) is 9.47 Å². The topological polar surface area (TPSA) is 212 Å². The molecule has 0 unspecified atom stereocenters. The fourth-order valence-electron chi connectivity index (χ4n) is 4.26. The monoisotopic (exact) mass is 421 g/mol. The van der Waals surface area contributed by atoms with E-state index in [2.05, 4.69) is 15.6 Å². The largest absolute Gasteiger partial charge is 0.449 e. The molecule has 3 aliphatic rings. The van der Waals surface area contributed by atoms with Gasteiger partial charge in [0.1, 0.15) is 19.2 Å². The Kier molecular flexibility index (Phi) is 4.43. The maximum absolute atomic E-state index is 12.5. The van der Waals surface area contributed by atoms with Crippen LogP contribution in [0.2, 0.25) is 0 Å².